The van der Waals surface area contributed by atoms with Crippen molar-refractivity contribution in [2.75, 3.05) is 6.16 Å². The average Bonchev–Trinajstić information content (AvgIpc) is 3.14. The summed E-state index contributed by atoms with van der Waals surface area (Å²) < 4.78 is 0. The van der Waals surface area contributed by atoms with E-state index in [0.717, 1.165) is 23.9 Å². The van der Waals surface area contributed by atoms with Gasteiger partial charge in [-0.15, -0.1) is 9.24 Å². The predicted molar refractivity (Wildman–Crippen MR) is 215 cm³/mol. The summed E-state index contributed by atoms with van der Waals surface area (Å²) in [5, 5.41) is 2.65. The standard InChI is InChI=1S/C46H52N2P2/c1-44(2,36-13-7-5-8-14-36)41-24-35(31-50(38-17-11-19-47-28-38)39-18-12-20-48-29-39)40(25-42(41)45(3,4)37-15-9-6-10-16-37)46-26-32-21-33(27-46)23-34(22-32)43(46)30-49/h5-20,24-25,28-29,32-34,43H,21-23,26-27,30-31,49H2,1-4H3. The fourth-order valence-corrected chi connectivity index (χ4v) is 13.9. The SMILES string of the molecule is CC(C)(c1ccccc1)c1cc(CP(c2cccnc2)c2cccnc2)c(C23CC4CC(CC(C4)C2CP)C3)cc1C(C)(C)c1ccccc1. The fraction of sp³-hybridized carbons (Fsp3) is 0.391. The summed E-state index contributed by atoms with van der Waals surface area (Å²) in [6.45, 7) is 9.84. The molecule has 4 unspecified atom stereocenters. The summed E-state index contributed by atoms with van der Waals surface area (Å²) in [5.74, 6) is 3.27. The Morgan fingerprint density at radius 2 is 1.20 bits per heavy atom. The third-order valence-electron chi connectivity index (χ3n) is 13.1. The van der Waals surface area contributed by atoms with E-state index in [1.165, 1.54) is 71.1 Å². The molecule has 4 saturated carbocycles. The van der Waals surface area contributed by atoms with Gasteiger partial charge in [0.1, 0.15) is 0 Å². The maximum atomic E-state index is 4.64. The molecule has 0 saturated heterocycles. The fourth-order valence-electron chi connectivity index (χ4n) is 10.8. The maximum absolute atomic E-state index is 4.64. The molecule has 4 aliphatic rings. The molecule has 0 spiro atoms. The molecule has 256 valence electrons. The van der Waals surface area contributed by atoms with Crippen molar-refractivity contribution in [3.63, 3.8) is 0 Å². The number of hydrogen-bond donors (Lipinski definition) is 0. The largest absolute Gasteiger partial charge is 0.264 e. The predicted octanol–water partition coefficient (Wildman–Crippen LogP) is 10.3. The van der Waals surface area contributed by atoms with Crippen molar-refractivity contribution in [2.24, 2.45) is 23.7 Å². The number of hydrogen-bond acceptors (Lipinski definition) is 2. The summed E-state index contributed by atoms with van der Waals surface area (Å²) in [7, 11) is 2.51. The van der Waals surface area contributed by atoms with Crippen LogP contribution in [0, 0.1) is 23.7 Å². The van der Waals surface area contributed by atoms with Crippen LogP contribution in [0.15, 0.2) is 122 Å². The molecule has 9 rings (SSSR count). The quantitative estimate of drug-likeness (QED) is 0.136. The molecule has 2 nitrogen and oxygen atoms in total. The van der Waals surface area contributed by atoms with Crippen LogP contribution in [-0.2, 0) is 22.4 Å². The molecule has 4 heteroatoms. The van der Waals surface area contributed by atoms with Gasteiger partial charge in [-0.2, -0.15) is 0 Å². The van der Waals surface area contributed by atoms with Crippen molar-refractivity contribution < 1.29 is 0 Å². The lowest BCUT2D eigenvalue weighted by molar-refractivity contribution is -0.0521. The summed E-state index contributed by atoms with van der Waals surface area (Å²) in [6.07, 6.45) is 17.2. The first kappa shape index (κ1) is 33.9. The smallest absolute Gasteiger partial charge is 0.0348 e. The van der Waals surface area contributed by atoms with Gasteiger partial charge < -0.3 is 0 Å². The Bertz CT molecular complexity index is 1870. The van der Waals surface area contributed by atoms with E-state index in [2.05, 4.69) is 156 Å². The summed E-state index contributed by atoms with van der Waals surface area (Å²) >= 11 is 0. The number of rotatable bonds is 10. The van der Waals surface area contributed by atoms with Crippen LogP contribution < -0.4 is 10.6 Å². The van der Waals surface area contributed by atoms with E-state index in [1.807, 2.05) is 12.4 Å². The highest BCUT2D eigenvalue weighted by molar-refractivity contribution is 7.72. The van der Waals surface area contributed by atoms with Crippen LogP contribution >= 0.6 is 17.2 Å². The Morgan fingerprint density at radius 1 is 0.680 bits per heavy atom. The summed E-state index contributed by atoms with van der Waals surface area (Å²) in [5.41, 5.74) is 8.75. The van der Waals surface area contributed by atoms with E-state index in [4.69, 9.17) is 0 Å². The minimum Gasteiger partial charge on any atom is -0.264 e. The molecule has 0 aliphatic heterocycles. The van der Waals surface area contributed by atoms with Gasteiger partial charge in [0, 0.05) is 41.8 Å². The van der Waals surface area contributed by atoms with Crippen LogP contribution in [0.5, 0.6) is 0 Å². The molecule has 50 heavy (non-hydrogen) atoms. The van der Waals surface area contributed by atoms with E-state index in [-0.39, 0.29) is 16.2 Å². The monoisotopic (exact) mass is 694 g/mol. The van der Waals surface area contributed by atoms with E-state index in [0.29, 0.717) is 5.92 Å². The lowest BCUT2D eigenvalue weighted by Gasteiger charge is -2.62. The van der Waals surface area contributed by atoms with Crippen LogP contribution in [0.4, 0.5) is 0 Å². The van der Waals surface area contributed by atoms with E-state index >= 15 is 0 Å². The Hall–Kier alpha value is -3.18. The van der Waals surface area contributed by atoms with Crippen molar-refractivity contribution in [2.45, 2.75) is 82.2 Å². The van der Waals surface area contributed by atoms with Gasteiger partial charge >= 0.3 is 0 Å². The molecular weight excluding hydrogens is 642 g/mol. The lowest BCUT2D eigenvalue weighted by Crippen LogP contribution is -2.56. The zero-order valence-electron chi connectivity index (χ0n) is 30.2. The second-order valence-corrected chi connectivity index (χ2v) is 19.3. The molecular formula is C46H52N2P2. The normalized spacial score (nSPS) is 24.5. The first-order valence-electron chi connectivity index (χ1n) is 18.8. The number of nitrogens with zero attached hydrogens (tertiary/aromatic N) is 2. The van der Waals surface area contributed by atoms with Crippen LogP contribution in [0.25, 0.3) is 0 Å². The van der Waals surface area contributed by atoms with E-state index < -0.39 is 7.92 Å². The van der Waals surface area contributed by atoms with Gasteiger partial charge in [0.15, 0.2) is 0 Å². The molecule has 3 aromatic carbocycles. The van der Waals surface area contributed by atoms with Crippen LogP contribution in [0.1, 0.15) is 93.2 Å². The lowest BCUT2D eigenvalue weighted by atomic mass is 9.43. The number of pyridine rings is 2. The van der Waals surface area contributed by atoms with Crippen molar-refractivity contribution in [3.8, 4) is 0 Å². The zero-order chi connectivity index (χ0) is 34.5. The third kappa shape index (κ3) is 5.90. The zero-order valence-corrected chi connectivity index (χ0v) is 32.3. The van der Waals surface area contributed by atoms with E-state index in [9.17, 15) is 0 Å². The Kier molecular flexibility index (Phi) is 9.11. The topological polar surface area (TPSA) is 25.8 Å². The van der Waals surface area contributed by atoms with Crippen molar-refractivity contribution in [1.29, 1.82) is 0 Å². The van der Waals surface area contributed by atoms with Crippen molar-refractivity contribution in [3.05, 3.63) is 155 Å². The van der Waals surface area contributed by atoms with Crippen LogP contribution in [0.3, 0.4) is 0 Å². The molecule has 2 heterocycles. The highest BCUT2D eigenvalue weighted by Gasteiger charge is 2.57. The second kappa shape index (κ2) is 13.4. The molecule has 4 atom stereocenters. The summed E-state index contributed by atoms with van der Waals surface area (Å²) in [4.78, 5) is 9.29. The average molecular weight is 695 g/mol. The molecule has 0 N–H and O–H groups in total. The first-order valence-corrected chi connectivity index (χ1v) is 21.1. The highest BCUT2D eigenvalue weighted by atomic mass is 31.1. The highest BCUT2D eigenvalue weighted by Crippen LogP contribution is 2.65. The van der Waals surface area contributed by atoms with Gasteiger partial charge in [0.25, 0.3) is 0 Å². The number of aromatic nitrogens is 2. The van der Waals surface area contributed by atoms with Crippen LogP contribution in [-0.4, -0.2) is 16.1 Å². The van der Waals surface area contributed by atoms with Gasteiger partial charge in [0.05, 0.1) is 0 Å². The molecule has 5 aromatic rings. The van der Waals surface area contributed by atoms with Gasteiger partial charge in [-0.1, -0.05) is 113 Å². The van der Waals surface area contributed by atoms with Gasteiger partial charge in [-0.3, -0.25) is 9.97 Å². The summed E-state index contributed by atoms with van der Waals surface area (Å²) in [6, 6.07) is 36.8. The Labute approximate surface area is 303 Å². The van der Waals surface area contributed by atoms with Crippen molar-refractivity contribution in [1.82, 2.24) is 9.97 Å². The minimum atomic E-state index is -0.717. The van der Waals surface area contributed by atoms with Crippen molar-refractivity contribution >= 4 is 27.8 Å². The molecule has 4 aliphatic carbocycles. The third-order valence-corrected chi connectivity index (χ3v) is 16.1. The molecule has 0 radical (unpaired) electrons. The second-order valence-electron chi connectivity index (χ2n) is 16.7. The Morgan fingerprint density at radius 3 is 1.68 bits per heavy atom. The first-order chi connectivity index (χ1) is 24.2. The van der Waals surface area contributed by atoms with E-state index in [1.54, 1.807) is 11.1 Å². The maximum Gasteiger partial charge on any atom is 0.0348 e. The Balaban J connectivity index is 1.41. The molecule has 2 aromatic heterocycles. The number of benzene rings is 3. The van der Waals surface area contributed by atoms with Gasteiger partial charge in [-0.05, 0) is 131 Å². The molecule has 4 bridgehead atoms. The minimum absolute atomic E-state index is 0.174. The molecule has 4 fully saturated rings. The van der Waals surface area contributed by atoms with Crippen LogP contribution in [0.2, 0.25) is 0 Å². The van der Waals surface area contributed by atoms with Gasteiger partial charge in [0.2, 0.25) is 0 Å². The molecule has 0 amide bonds. The van der Waals surface area contributed by atoms with Gasteiger partial charge in [-0.25, -0.2) is 0 Å².